The summed E-state index contributed by atoms with van der Waals surface area (Å²) in [7, 11) is 0. The first-order valence-electron chi connectivity index (χ1n) is 5.33. The van der Waals surface area contributed by atoms with E-state index in [1.165, 1.54) is 25.0 Å². The molecule has 0 aliphatic carbocycles. The van der Waals surface area contributed by atoms with Crippen LogP contribution in [0.1, 0.15) is 38.3 Å². The van der Waals surface area contributed by atoms with Gasteiger partial charge in [-0.1, -0.05) is 35.3 Å². The van der Waals surface area contributed by atoms with Gasteiger partial charge in [0.25, 0.3) is 0 Å². The average molecular weight is 274 g/mol. The van der Waals surface area contributed by atoms with Gasteiger partial charge < -0.3 is 5.32 Å². The van der Waals surface area contributed by atoms with Crippen molar-refractivity contribution in [2.45, 2.75) is 32.7 Å². The van der Waals surface area contributed by atoms with Gasteiger partial charge in [-0.25, -0.2) is 4.39 Å². The highest BCUT2D eigenvalue weighted by Gasteiger charge is 2.08. The van der Waals surface area contributed by atoms with Crippen LogP contribution in [0.2, 0.25) is 0 Å². The molecule has 1 atom stereocenters. The molecule has 1 rings (SSSR count). The largest absolute Gasteiger partial charge is 0.310 e. The van der Waals surface area contributed by atoms with Gasteiger partial charge in [0.2, 0.25) is 0 Å². The van der Waals surface area contributed by atoms with Gasteiger partial charge in [0.05, 0.1) is 0 Å². The second kappa shape index (κ2) is 6.23. The zero-order chi connectivity index (χ0) is 11.3. The summed E-state index contributed by atoms with van der Waals surface area (Å²) in [5.41, 5.74) is 1.10. The number of unbranched alkanes of at least 4 members (excludes halogenated alkanes) is 1. The lowest BCUT2D eigenvalue weighted by atomic mass is 10.1. The molecular formula is C12H17BrFN. The monoisotopic (exact) mass is 273 g/mol. The van der Waals surface area contributed by atoms with Crippen molar-refractivity contribution in [2.24, 2.45) is 0 Å². The van der Waals surface area contributed by atoms with Crippen LogP contribution in [0.4, 0.5) is 4.39 Å². The van der Waals surface area contributed by atoms with Crippen LogP contribution >= 0.6 is 15.9 Å². The zero-order valence-electron chi connectivity index (χ0n) is 9.19. The first kappa shape index (κ1) is 12.7. The van der Waals surface area contributed by atoms with Crippen LogP contribution in [0.25, 0.3) is 0 Å². The Labute approximate surface area is 99.2 Å². The Morgan fingerprint density at radius 1 is 1.47 bits per heavy atom. The summed E-state index contributed by atoms with van der Waals surface area (Å²) in [6, 6.07) is 5.08. The molecule has 0 radical (unpaired) electrons. The summed E-state index contributed by atoms with van der Waals surface area (Å²) >= 11 is 3.38. The Kier molecular flexibility index (Phi) is 5.26. The van der Waals surface area contributed by atoms with Crippen molar-refractivity contribution in [3.05, 3.63) is 34.1 Å². The minimum atomic E-state index is -0.202. The predicted molar refractivity (Wildman–Crippen MR) is 65.4 cm³/mol. The molecule has 0 saturated carbocycles. The Morgan fingerprint density at radius 3 is 2.80 bits per heavy atom. The molecule has 0 bridgehead atoms. The number of halogens is 2. The van der Waals surface area contributed by atoms with E-state index in [0.29, 0.717) is 0 Å². The first-order chi connectivity index (χ1) is 7.15. The Balaban J connectivity index is 2.61. The molecule has 1 aromatic rings. The summed E-state index contributed by atoms with van der Waals surface area (Å²) in [5, 5.41) is 3.41. The van der Waals surface area contributed by atoms with E-state index in [2.05, 4.69) is 35.1 Å². The molecule has 1 nitrogen and oxygen atoms in total. The molecule has 0 aliphatic heterocycles. The van der Waals surface area contributed by atoms with Gasteiger partial charge in [-0.05, 0) is 37.6 Å². The van der Waals surface area contributed by atoms with Crippen LogP contribution in [0.3, 0.4) is 0 Å². The maximum Gasteiger partial charge on any atom is 0.124 e. The van der Waals surface area contributed by atoms with Gasteiger partial charge in [-0.15, -0.1) is 0 Å². The van der Waals surface area contributed by atoms with Crippen molar-refractivity contribution < 1.29 is 4.39 Å². The molecule has 0 heterocycles. The maximum absolute atomic E-state index is 12.9. The smallest absolute Gasteiger partial charge is 0.124 e. The van der Waals surface area contributed by atoms with Crippen molar-refractivity contribution in [3.63, 3.8) is 0 Å². The topological polar surface area (TPSA) is 12.0 Å². The number of rotatable bonds is 5. The van der Waals surface area contributed by atoms with Gasteiger partial charge in [0, 0.05) is 10.5 Å². The third-order valence-corrected chi connectivity index (χ3v) is 3.10. The van der Waals surface area contributed by atoms with E-state index in [9.17, 15) is 4.39 Å². The highest BCUT2D eigenvalue weighted by atomic mass is 79.9. The molecule has 0 aromatic heterocycles. The van der Waals surface area contributed by atoms with E-state index in [4.69, 9.17) is 0 Å². The minimum absolute atomic E-state index is 0.202. The third kappa shape index (κ3) is 3.92. The molecule has 15 heavy (non-hydrogen) atoms. The third-order valence-electron chi connectivity index (χ3n) is 2.41. The van der Waals surface area contributed by atoms with Crippen LogP contribution < -0.4 is 5.32 Å². The molecule has 0 saturated heterocycles. The van der Waals surface area contributed by atoms with Crippen LogP contribution in [-0.4, -0.2) is 6.54 Å². The van der Waals surface area contributed by atoms with Crippen molar-refractivity contribution in [1.29, 1.82) is 0 Å². The molecule has 3 heteroatoms. The molecule has 0 amide bonds. The summed E-state index contributed by atoms with van der Waals surface area (Å²) in [4.78, 5) is 0. The standard InChI is InChI=1S/C12H17BrFN/c1-3-4-7-15-9(2)11-6-5-10(14)8-12(11)13/h5-6,8-9,15H,3-4,7H2,1-2H3. The summed E-state index contributed by atoms with van der Waals surface area (Å²) in [5.74, 6) is -0.202. The van der Waals surface area contributed by atoms with Gasteiger partial charge in [0.1, 0.15) is 5.82 Å². The lowest BCUT2D eigenvalue weighted by molar-refractivity contribution is 0.550. The Morgan fingerprint density at radius 2 is 2.20 bits per heavy atom. The number of hydrogen-bond acceptors (Lipinski definition) is 1. The first-order valence-corrected chi connectivity index (χ1v) is 6.12. The Bertz CT molecular complexity index is 314. The lowest BCUT2D eigenvalue weighted by Gasteiger charge is -2.15. The maximum atomic E-state index is 12.9. The molecular weight excluding hydrogens is 257 g/mol. The fraction of sp³-hybridized carbons (Fsp3) is 0.500. The van der Waals surface area contributed by atoms with E-state index in [-0.39, 0.29) is 11.9 Å². The lowest BCUT2D eigenvalue weighted by Crippen LogP contribution is -2.20. The summed E-state index contributed by atoms with van der Waals surface area (Å²) in [6.07, 6.45) is 2.35. The van der Waals surface area contributed by atoms with E-state index < -0.39 is 0 Å². The van der Waals surface area contributed by atoms with E-state index in [0.717, 1.165) is 16.6 Å². The fourth-order valence-electron chi connectivity index (χ4n) is 1.46. The van der Waals surface area contributed by atoms with Crippen LogP contribution in [0.5, 0.6) is 0 Å². The minimum Gasteiger partial charge on any atom is -0.310 e. The van der Waals surface area contributed by atoms with Crippen molar-refractivity contribution in [3.8, 4) is 0 Å². The molecule has 1 unspecified atom stereocenters. The highest BCUT2D eigenvalue weighted by molar-refractivity contribution is 9.10. The quantitative estimate of drug-likeness (QED) is 0.799. The van der Waals surface area contributed by atoms with Crippen LogP contribution in [-0.2, 0) is 0 Å². The number of nitrogens with one attached hydrogen (secondary N) is 1. The van der Waals surface area contributed by atoms with Crippen molar-refractivity contribution in [2.75, 3.05) is 6.54 Å². The molecule has 84 valence electrons. The fourth-order valence-corrected chi connectivity index (χ4v) is 2.15. The van der Waals surface area contributed by atoms with E-state index in [1.54, 1.807) is 0 Å². The van der Waals surface area contributed by atoms with Crippen LogP contribution in [0.15, 0.2) is 22.7 Å². The van der Waals surface area contributed by atoms with Gasteiger partial charge in [-0.2, -0.15) is 0 Å². The van der Waals surface area contributed by atoms with Gasteiger partial charge in [0.15, 0.2) is 0 Å². The molecule has 0 fully saturated rings. The normalized spacial score (nSPS) is 12.8. The van der Waals surface area contributed by atoms with Crippen molar-refractivity contribution >= 4 is 15.9 Å². The predicted octanol–water partition coefficient (Wildman–Crippen LogP) is 4.04. The molecule has 0 aliphatic rings. The zero-order valence-corrected chi connectivity index (χ0v) is 10.8. The van der Waals surface area contributed by atoms with Crippen LogP contribution in [0, 0.1) is 5.82 Å². The van der Waals surface area contributed by atoms with Crippen molar-refractivity contribution in [1.82, 2.24) is 5.32 Å². The van der Waals surface area contributed by atoms with E-state index >= 15 is 0 Å². The Hall–Kier alpha value is -0.410. The number of benzene rings is 1. The summed E-state index contributed by atoms with van der Waals surface area (Å²) in [6.45, 7) is 5.26. The molecule has 0 spiro atoms. The molecule has 1 aromatic carbocycles. The second-order valence-electron chi connectivity index (χ2n) is 3.70. The molecule has 1 N–H and O–H groups in total. The second-order valence-corrected chi connectivity index (χ2v) is 4.55. The number of hydrogen-bond donors (Lipinski definition) is 1. The SMILES string of the molecule is CCCCNC(C)c1ccc(F)cc1Br. The average Bonchev–Trinajstić information content (AvgIpc) is 2.17. The highest BCUT2D eigenvalue weighted by Crippen LogP contribution is 2.23. The van der Waals surface area contributed by atoms with E-state index in [1.807, 2.05) is 6.07 Å². The van der Waals surface area contributed by atoms with Gasteiger partial charge >= 0.3 is 0 Å². The van der Waals surface area contributed by atoms with Gasteiger partial charge in [-0.3, -0.25) is 0 Å². The summed E-state index contributed by atoms with van der Waals surface area (Å²) < 4.78 is 13.7.